The molecule has 1 aliphatic carbocycles. The third kappa shape index (κ3) is 3.65. The largest absolute Gasteiger partial charge is 0.371 e. The Kier molecular flexibility index (Phi) is 4.76. The first-order valence-electron chi connectivity index (χ1n) is 9.37. The number of aromatic nitrogens is 1. The fraction of sp³-hybridized carbons (Fsp3) is 0.550. The first kappa shape index (κ1) is 17.2. The molecule has 0 aromatic carbocycles. The van der Waals surface area contributed by atoms with Gasteiger partial charge in [-0.05, 0) is 42.9 Å². The van der Waals surface area contributed by atoms with E-state index < -0.39 is 0 Å². The molecule has 0 bridgehead atoms. The first-order chi connectivity index (χ1) is 12.6. The van der Waals surface area contributed by atoms with E-state index in [1.165, 1.54) is 0 Å². The fourth-order valence-electron chi connectivity index (χ4n) is 4.21. The molecule has 1 unspecified atom stereocenters. The van der Waals surface area contributed by atoms with Crippen molar-refractivity contribution in [1.82, 2.24) is 15.2 Å². The van der Waals surface area contributed by atoms with Crippen LogP contribution in [0.4, 0.5) is 0 Å². The Bertz CT molecular complexity index is 690. The summed E-state index contributed by atoms with van der Waals surface area (Å²) in [6.45, 7) is 2.49. The highest BCUT2D eigenvalue weighted by Gasteiger charge is 2.52. The van der Waals surface area contributed by atoms with Crippen LogP contribution in [-0.4, -0.2) is 47.0 Å². The van der Waals surface area contributed by atoms with Crippen molar-refractivity contribution < 1.29 is 14.3 Å². The topological polar surface area (TPSA) is 71.5 Å². The SMILES string of the molecule is O=C(CC1COC2(C1)CN(C(=O)C1CC=CC1)C2)NCc1ccncc1. The molecule has 0 radical (unpaired) electrons. The van der Waals surface area contributed by atoms with E-state index in [0.29, 0.717) is 32.7 Å². The van der Waals surface area contributed by atoms with Crippen molar-refractivity contribution in [1.29, 1.82) is 0 Å². The van der Waals surface area contributed by atoms with E-state index in [-0.39, 0.29) is 29.3 Å². The third-order valence-corrected chi connectivity index (χ3v) is 5.63. The lowest BCUT2D eigenvalue weighted by Gasteiger charge is -2.48. The number of rotatable bonds is 5. The van der Waals surface area contributed by atoms with Crippen LogP contribution in [0, 0.1) is 11.8 Å². The molecule has 1 N–H and O–H groups in total. The van der Waals surface area contributed by atoms with Crippen molar-refractivity contribution in [2.75, 3.05) is 19.7 Å². The van der Waals surface area contributed by atoms with Gasteiger partial charge in [-0.1, -0.05) is 12.2 Å². The standard InChI is InChI=1S/C20H25N3O3/c24-18(22-11-15-5-7-21-8-6-15)9-16-10-20(26-12-16)13-23(14-20)19(25)17-3-1-2-4-17/h1-2,5-8,16-17H,3-4,9-14H2,(H,22,24). The zero-order valence-electron chi connectivity index (χ0n) is 14.9. The van der Waals surface area contributed by atoms with E-state index >= 15 is 0 Å². The van der Waals surface area contributed by atoms with Gasteiger partial charge in [0.15, 0.2) is 0 Å². The highest BCUT2D eigenvalue weighted by molar-refractivity contribution is 5.81. The molecule has 2 amide bonds. The number of pyridine rings is 1. The van der Waals surface area contributed by atoms with Crippen LogP contribution in [-0.2, 0) is 20.9 Å². The molecule has 1 aromatic heterocycles. The predicted molar refractivity (Wildman–Crippen MR) is 95.9 cm³/mol. The van der Waals surface area contributed by atoms with E-state index in [1.54, 1.807) is 12.4 Å². The van der Waals surface area contributed by atoms with Gasteiger partial charge in [-0.25, -0.2) is 0 Å². The molecule has 1 atom stereocenters. The lowest BCUT2D eigenvalue weighted by Crippen LogP contribution is -2.64. The fourth-order valence-corrected chi connectivity index (χ4v) is 4.21. The minimum absolute atomic E-state index is 0.0525. The number of hydrogen-bond acceptors (Lipinski definition) is 4. The summed E-state index contributed by atoms with van der Waals surface area (Å²) in [7, 11) is 0. The smallest absolute Gasteiger partial charge is 0.226 e. The minimum atomic E-state index is -0.211. The molecule has 1 spiro atoms. The van der Waals surface area contributed by atoms with Crippen LogP contribution in [0.3, 0.4) is 0 Å². The zero-order valence-corrected chi connectivity index (χ0v) is 14.9. The van der Waals surface area contributed by atoms with Crippen LogP contribution in [0.2, 0.25) is 0 Å². The summed E-state index contributed by atoms with van der Waals surface area (Å²) in [5.41, 5.74) is 0.833. The second-order valence-corrected chi connectivity index (χ2v) is 7.73. The van der Waals surface area contributed by atoms with E-state index in [4.69, 9.17) is 4.74 Å². The molecule has 138 valence electrons. The summed E-state index contributed by atoms with van der Waals surface area (Å²) in [6, 6.07) is 3.79. The lowest BCUT2D eigenvalue weighted by atomic mass is 9.85. The average molecular weight is 355 g/mol. The van der Waals surface area contributed by atoms with Crippen molar-refractivity contribution in [3.8, 4) is 0 Å². The van der Waals surface area contributed by atoms with Gasteiger partial charge in [0, 0.05) is 31.3 Å². The second kappa shape index (κ2) is 7.19. The normalized spacial score (nSPS) is 24.0. The molecule has 3 aliphatic rings. The van der Waals surface area contributed by atoms with Gasteiger partial charge in [-0.15, -0.1) is 0 Å². The second-order valence-electron chi connectivity index (χ2n) is 7.73. The molecular weight excluding hydrogens is 330 g/mol. The number of carbonyl (C=O) groups excluding carboxylic acids is 2. The maximum atomic E-state index is 12.4. The molecule has 6 heteroatoms. The number of hydrogen-bond donors (Lipinski definition) is 1. The number of nitrogens with zero attached hydrogens (tertiary/aromatic N) is 2. The average Bonchev–Trinajstić information content (AvgIpc) is 3.29. The van der Waals surface area contributed by atoms with Gasteiger partial charge in [-0.2, -0.15) is 0 Å². The van der Waals surface area contributed by atoms with Gasteiger partial charge in [0.05, 0.1) is 19.7 Å². The molecule has 26 heavy (non-hydrogen) atoms. The van der Waals surface area contributed by atoms with Crippen molar-refractivity contribution in [3.63, 3.8) is 0 Å². The number of nitrogens with one attached hydrogen (secondary N) is 1. The molecule has 2 fully saturated rings. The van der Waals surface area contributed by atoms with E-state index in [1.807, 2.05) is 17.0 Å². The predicted octanol–water partition coefficient (Wildman–Crippen LogP) is 1.67. The number of allylic oxidation sites excluding steroid dienone is 2. The van der Waals surface area contributed by atoms with Crippen molar-refractivity contribution >= 4 is 11.8 Å². The maximum absolute atomic E-state index is 12.4. The quantitative estimate of drug-likeness (QED) is 0.816. The molecule has 0 saturated carbocycles. The van der Waals surface area contributed by atoms with Crippen molar-refractivity contribution in [3.05, 3.63) is 42.2 Å². The molecule has 6 nitrogen and oxygen atoms in total. The van der Waals surface area contributed by atoms with Crippen LogP contribution in [0.25, 0.3) is 0 Å². The molecular formula is C20H25N3O3. The molecule has 3 heterocycles. The van der Waals surface area contributed by atoms with E-state index in [9.17, 15) is 9.59 Å². The van der Waals surface area contributed by atoms with Gasteiger partial charge in [0.2, 0.25) is 11.8 Å². The van der Waals surface area contributed by atoms with Crippen LogP contribution >= 0.6 is 0 Å². The Hall–Kier alpha value is -2.21. The van der Waals surface area contributed by atoms with E-state index in [0.717, 1.165) is 24.8 Å². The Morgan fingerprint density at radius 3 is 2.69 bits per heavy atom. The maximum Gasteiger partial charge on any atom is 0.226 e. The summed E-state index contributed by atoms with van der Waals surface area (Å²) >= 11 is 0. The summed E-state index contributed by atoms with van der Waals surface area (Å²) in [4.78, 5) is 30.5. The molecule has 4 rings (SSSR count). The molecule has 1 aromatic rings. The Balaban J connectivity index is 1.20. The van der Waals surface area contributed by atoms with Gasteiger partial charge in [-0.3, -0.25) is 14.6 Å². The Morgan fingerprint density at radius 2 is 1.96 bits per heavy atom. The summed E-state index contributed by atoms with van der Waals surface area (Å²) in [5, 5.41) is 2.96. The molecule has 2 saturated heterocycles. The number of amides is 2. The van der Waals surface area contributed by atoms with Crippen LogP contribution in [0.1, 0.15) is 31.2 Å². The number of ether oxygens (including phenoxy) is 1. The van der Waals surface area contributed by atoms with Crippen molar-refractivity contribution in [2.24, 2.45) is 11.8 Å². The first-order valence-corrected chi connectivity index (χ1v) is 9.37. The molecule has 2 aliphatic heterocycles. The van der Waals surface area contributed by atoms with Crippen LogP contribution in [0.5, 0.6) is 0 Å². The van der Waals surface area contributed by atoms with E-state index in [2.05, 4.69) is 22.5 Å². The summed E-state index contributed by atoms with van der Waals surface area (Å²) < 4.78 is 6.00. The minimum Gasteiger partial charge on any atom is -0.371 e. The Labute approximate surface area is 153 Å². The lowest BCUT2D eigenvalue weighted by molar-refractivity contribution is -0.161. The van der Waals surface area contributed by atoms with Crippen molar-refractivity contribution in [2.45, 2.75) is 37.8 Å². The highest BCUT2D eigenvalue weighted by Crippen LogP contribution is 2.40. The number of likely N-dealkylation sites (tertiary alicyclic amines) is 1. The highest BCUT2D eigenvalue weighted by atomic mass is 16.5. The Morgan fingerprint density at radius 1 is 1.23 bits per heavy atom. The van der Waals surface area contributed by atoms with Gasteiger partial charge in [0.1, 0.15) is 5.60 Å². The third-order valence-electron chi connectivity index (χ3n) is 5.63. The number of carbonyl (C=O) groups is 2. The summed E-state index contributed by atoms with van der Waals surface area (Å²) in [5.74, 6) is 0.667. The van der Waals surface area contributed by atoms with Gasteiger partial charge in [0.25, 0.3) is 0 Å². The monoisotopic (exact) mass is 355 g/mol. The van der Waals surface area contributed by atoms with Crippen LogP contribution < -0.4 is 5.32 Å². The summed E-state index contributed by atoms with van der Waals surface area (Å²) in [6.07, 6.45) is 10.7. The van der Waals surface area contributed by atoms with Gasteiger partial charge >= 0.3 is 0 Å². The zero-order chi connectivity index (χ0) is 18.0. The van der Waals surface area contributed by atoms with Gasteiger partial charge < -0.3 is 15.0 Å². The van der Waals surface area contributed by atoms with Crippen LogP contribution in [0.15, 0.2) is 36.7 Å².